The zero-order valence-corrected chi connectivity index (χ0v) is 47.2. The van der Waals surface area contributed by atoms with Crippen molar-refractivity contribution in [1.82, 2.24) is 5.32 Å². The molecule has 0 aliphatic carbocycles. The smallest absolute Gasteiger partial charge is 0.220 e. The first-order valence-corrected chi connectivity index (χ1v) is 30.2. The van der Waals surface area contributed by atoms with E-state index in [2.05, 4.69) is 79.9 Å². The largest absolute Gasteiger partial charge is 0.394 e. The summed E-state index contributed by atoms with van der Waals surface area (Å²) in [5.74, 6) is -0.243. The number of allylic oxidation sites excluding steroid dienone is 11. The maximum atomic E-state index is 13.2. The number of aliphatic hydroxyl groups is 8. The van der Waals surface area contributed by atoms with Crippen LogP contribution in [0.3, 0.4) is 0 Å². The summed E-state index contributed by atoms with van der Waals surface area (Å²) < 4.78 is 22.7. The summed E-state index contributed by atoms with van der Waals surface area (Å²) in [5, 5.41) is 86.9. The number of nitrogens with one attached hydrogen (secondary N) is 1. The van der Waals surface area contributed by atoms with Crippen molar-refractivity contribution in [2.24, 2.45) is 0 Å². The molecular formula is C62H109NO13. The summed E-state index contributed by atoms with van der Waals surface area (Å²) in [6, 6.07) is -0.916. The zero-order chi connectivity index (χ0) is 55.3. The normalized spacial score (nSPS) is 25.4. The lowest BCUT2D eigenvalue weighted by atomic mass is 9.97. The van der Waals surface area contributed by atoms with Crippen LogP contribution in [0, 0.1) is 0 Å². The van der Waals surface area contributed by atoms with Crippen molar-refractivity contribution in [3.63, 3.8) is 0 Å². The third-order valence-electron chi connectivity index (χ3n) is 14.4. The molecule has 0 saturated carbocycles. The van der Waals surface area contributed by atoms with E-state index in [1.807, 2.05) is 6.08 Å². The fourth-order valence-corrected chi connectivity index (χ4v) is 9.55. The summed E-state index contributed by atoms with van der Waals surface area (Å²) in [7, 11) is 0. The molecule has 12 unspecified atom stereocenters. The van der Waals surface area contributed by atoms with Gasteiger partial charge in [0.25, 0.3) is 0 Å². The molecule has 440 valence electrons. The number of unbranched alkanes of at least 4 members (excludes halogenated alkanes) is 24. The predicted molar refractivity (Wildman–Crippen MR) is 304 cm³/mol. The lowest BCUT2D eigenvalue weighted by Gasteiger charge is -2.46. The highest BCUT2D eigenvalue weighted by Gasteiger charge is 2.51. The third kappa shape index (κ3) is 32.5. The molecule has 9 N–H and O–H groups in total. The first kappa shape index (κ1) is 69.5. The van der Waals surface area contributed by atoms with Gasteiger partial charge in [0.15, 0.2) is 12.6 Å². The van der Waals surface area contributed by atoms with E-state index in [1.165, 1.54) is 122 Å². The number of hydrogen-bond donors (Lipinski definition) is 9. The van der Waals surface area contributed by atoms with Crippen LogP contribution in [0.25, 0.3) is 0 Å². The number of ether oxygens (including phenoxy) is 4. The van der Waals surface area contributed by atoms with Crippen LogP contribution in [0.15, 0.2) is 72.9 Å². The molecular weight excluding hydrogens is 967 g/mol. The van der Waals surface area contributed by atoms with Crippen LogP contribution < -0.4 is 5.32 Å². The summed E-state index contributed by atoms with van der Waals surface area (Å²) in [6.07, 6.45) is 45.3. The molecule has 2 heterocycles. The quantitative estimate of drug-likeness (QED) is 0.0204. The lowest BCUT2D eigenvalue weighted by Crippen LogP contribution is -2.65. The van der Waals surface area contributed by atoms with E-state index in [4.69, 9.17) is 18.9 Å². The molecule has 0 aromatic carbocycles. The molecule has 0 aromatic rings. The van der Waals surface area contributed by atoms with Gasteiger partial charge in [-0.3, -0.25) is 4.79 Å². The van der Waals surface area contributed by atoms with Crippen LogP contribution >= 0.6 is 0 Å². The Morgan fingerprint density at radius 1 is 0.487 bits per heavy atom. The monoisotopic (exact) mass is 1080 g/mol. The summed E-state index contributed by atoms with van der Waals surface area (Å²) in [4.78, 5) is 13.2. The van der Waals surface area contributed by atoms with Crippen LogP contribution in [0.2, 0.25) is 0 Å². The average Bonchev–Trinajstić information content (AvgIpc) is 3.42. The van der Waals surface area contributed by atoms with Gasteiger partial charge in [-0.1, -0.05) is 222 Å². The zero-order valence-electron chi connectivity index (χ0n) is 47.2. The van der Waals surface area contributed by atoms with E-state index in [1.54, 1.807) is 6.08 Å². The number of rotatable bonds is 47. The molecule has 1 amide bonds. The molecule has 2 aliphatic heterocycles. The molecule has 14 nitrogen and oxygen atoms in total. The van der Waals surface area contributed by atoms with Crippen LogP contribution in [-0.4, -0.2) is 140 Å². The minimum atomic E-state index is -1.79. The first-order valence-electron chi connectivity index (χ1n) is 30.2. The van der Waals surface area contributed by atoms with Gasteiger partial charge < -0.3 is 65.1 Å². The lowest BCUT2D eigenvalue weighted by molar-refractivity contribution is -0.359. The maximum Gasteiger partial charge on any atom is 0.220 e. The highest BCUT2D eigenvalue weighted by atomic mass is 16.7. The molecule has 2 aliphatic rings. The summed E-state index contributed by atoms with van der Waals surface area (Å²) in [6.45, 7) is 2.66. The van der Waals surface area contributed by atoms with E-state index >= 15 is 0 Å². The Morgan fingerprint density at radius 2 is 0.908 bits per heavy atom. The van der Waals surface area contributed by atoms with Gasteiger partial charge in [0.1, 0.15) is 48.8 Å². The van der Waals surface area contributed by atoms with Gasteiger partial charge in [0, 0.05) is 6.42 Å². The second kappa shape index (κ2) is 47.3. The van der Waals surface area contributed by atoms with Crippen molar-refractivity contribution in [3.05, 3.63) is 72.9 Å². The molecule has 2 fully saturated rings. The second-order valence-corrected chi connectivity index (χ2v) is 21.1. The second-order valence-electron chi connectivity index (χ2n) is 21.1. The molecule has 0 bridgehead atoms. The van der Waals surface area contributed by atoms with Gasteiger partial charge in [0.2, 0.25) is 5.91 Å². The average molecular weight is 1080 g/mol. The first-order chi connectivity index (χ1) is 37.1. The Labute approximate surface area is 459 Å². The standard InChI is InChI=1S/C62H109NO13/c1-3-5-7-9-11-13-15-16-17-18-19-20-21-22-23-24-25-26-27-28-29-30-31-32-33-34-36-38-40-42-44-46-54(67)63-50(51(66)45-43-41-39-37-35-14-12-10-8-6-4-2)49-73-61-59(72)57(70)60(53(48-65)75-61)76-62-58(71)56(69)55(68)52(47-64)74-62/h5,7,11,13,16-17,19-20,22-23,43,45,50-53,55-62,64-66,68-72H,3-4,6,8-10,12,14-15,18,21,24-42,44,46-49H2,1-2H3,(H,63,67)/b7-5-,13-11-,17-16-,20-19-,23-22-,45-43+. The van der Waals surface area contributed by atoms with Crippen LogP contribution in [-0.2, 0) is 23.7 Å². The van der Waals surface area contributed by atoms with Gasteiger partial charge in [-0.25, -0.2) is 0 Å². The van der Waals surface area contributed by atoms with Gasteiger partial charge in [-0.2, -0.15) is 0 Å². The maximum absolute atomic E-state index is 13.2. The topological polar surface area (TPSA) is 228 Å². The number of aliphatic hydroxyl groups excluding tert-OH is 8. The van der Waals surface area contributed by atoms with E-state index < -0.39 is 86.8 Å². The van der Waals surface area contributed by atoms with Gasteiger partial charge in [-0.05, 0) is 64.2 Å². The minimum Gasteiger partial charge on any atom is -0.394 e. The van der Waals surface area contributed by atoms with Crippen LogP contribution in [0.5, 0.6) is 0 Å². The van der Waals surface area contributed by atoms with Crippen molar-refractivity contribution >= 4 is 5.91 Å². The Morgan fingerprint density at radius 3 is 1.39 bits per heavy atom. The predicted octanol–water partition coefficient (Wildman–Crippen LogP) is 10.3. The molecule has 12 atom stereocenters. The van der Waals surface area contributed by atoms with Gasteiger partial charge in [0.05, 0.1) is 32.0 Å². The third-order valence-corrected chi connectivity index (χ3v) is 14.4. The van der Waals surface area contributed by atoms with E-state index in [0.717, 1.165) is 70.6 Å². The van der Waals surface area contributed by atoms with E-state index in [9.17, 15) is 45.6 Å². The van der Waals surface area contributed by atoms with Gasteiger partial charge in [-0.15, -0.1) is 0 Å². The number of amides is 1. The molecule has 14 heteroatoms. The molecule has 76 heavy (non-hydrogen) atoms. The summed E-state index contributed by atoms with van der Waals surface area (Å²) in [5.41, 5.74) is 0. The minimum absolute atomic E-state index is 0.243. The molecule has 2 saturated heterocycles. The van der Waals surface area contributed by atoms with Gasteiger partial charge >= 0.3 is 0 Å². The number of carbonyl (C=O) groups is 1. The number of hydrogen-bond acceptors (Lipinski definition) is 13. The Balaban J connectivity index is 1.65. The molecule has 2 rings (SSSR count). The molecule has 0 radical (unpaired) electrons. The van der Waals surface area contributed by atoms with Crippen molar-refractivity contribution in [3.8, 4) is 0 Å². The highest BCUT2D eigenvalue weighted by molar-refractivity contribution is 5.76. The van der Waals surface area contributed by atoms with Crippen LogP contribution in [0.1, 0.15) is 219 Å². The SMILES string of the molecule is CC/C=C\C/C=C\C/C=C\C/C=C\C/C=C\CCCCCCCCCCCCCCCCCC(=O)NC(COC1OC(CO)C(OC2OC(CO)C(O)C(O)C2O)C(O)C1O)C(O)/C=C/CCCCCCCCCCC. The van der Waals surface area contributed by atoms with Crippen molar-refractivity contribution in [2.45, 2.75) is 293 Å². The summed E-state index contributed by atoms with van der Waals surface area (Å²) >= 11 is 0. The van der Waals surface area contributed by atoms with Crippen molar-refractivity contribution < 1.29 is 64.6 Å². The Hall–Kier alpha value is -2.57. The van der Waals surface area contributed by atoms with Crippen molar-refractivity contribution in [2.75, 3.05) is 19.8 Å². The van der Waals surface area contributed by atoms with Crippen molar-refractivity contribution in [1.29, 1.82) is 0 Å². The fourth-order valence-electron chi connectivity index (χ4n) is 9.55. The Kier molecular flexibility index (Phi) is 43.2. The molecule has 0 aromatic heterocycles. The Bertz CT molecular complexity index is 1550. The molecule has 0 spiro atoms. The fraction of sp³-hybridized carbons (Fsp3) is 0.790. The van der Waals surface area contributed by atoms with E-state index in [-0.39, 0.29) is 18.9 Å². The van der Waals surface area contributed by atoms with E-state index in [0.29, 0.717) is 6.42 Å². The number of carbonyl (C=O) groups excluding carboxylic acids is 1. The van der Waals surface area contributed by atoms with Crippen LogP contribution in [0.4, 0.5) is 0 Å². The highest BCUT2D eigenvalue weighted by Crippen LogP contribution is 2.30.